The van der Waals surface area contributed by atoms with Gasteiger partial charge < -0.3 is 13.3 Å². The van der Waals surface area contributed by atoms with Gasteiger partial charge in [0.15, 0.2) is 0 Å². The van der Waals surface area contributed by atoms with Crippen molar-refractivity contribution in [1.29, 1.82) is 0 Å². The molecule has 6 heteroatoms. The molecule has 0 aliphatic heterocycles. The van der Waals surface area contributed by atoms with Gasteiger partial charge in [-0.05, 0) is 45.8 Å². The first-order valence-corrected chi connectivity index (χ1v) is 11.9. The zero-order valence-electron chi connectivity index (χ0n) is 15.5. The summed E-state index contributed by atoms with van der Waals surface area (Å²) in [4.78, 5) is 12.1. The van der Waals surface area contributed by atoms with Crippen molar-refractivity contribution in [2.24, 2.45) is 5.41 Å². The molecular weight excluding hydrogens is 328 g/mol. The van der Waals surface area contributed by atoms with Crippen LogP contribution in [-0.2, 0) is 18.1 Å². The minimum Gasteiger partial charge on any atom is -0.374 e. The Bertz CT molecular complexity index is 345. The van der Waals surface area contributed by atoms with Gasteiger partial charge in [0, 0.05) is 43.0 Å². The molecule has 0 aromatic rings. The molecule has 1 rings (SSSR count). The van der Waals surface area contributed by atoms with E-state index in [1.165, 1.54) is 0 Å². The summed E-state index contributed by atoms with van der Waals surface area (Å²) in [5.74, 6) is 1.46. The molecule has 1 unspecified atom stereocenters. The van der Waals surface area contributed by atoms with E-state index < -0.39 is 8.80 Å². The molecule has 0 heterocycles. The normalized spacial score (nSPS) is 21.6. The molecule has 1 fully saturated rings. The Morgan fingerprint density at radius 2 is 1.70 bits per heavy atom. The van der Waals surface area contributed by atoms with Crippen LogP contribution in [0, 0.1) is 5.41 Å². The van der Waals surface area contributed by atoms with Crippen LogP contribution in [0.15, 0.2) is 0 Å². The highest BCUT2D eigenvalue weighted by Crippen LogP contribution is 2.37. The van der Waals surface area contributed by atoms with E-state index in [9.17, 15) is 4.79 Å². The minimum atomic E-state index is -2.50. The van der Waals surface area contributed by atoms with Crippen LogP contribution in [0.4, 0.5) is 0 Å². The van der Waals surface area contributed by atoms with Crippen molar-refractivity contribution in [3.63, 3.8) is 0 Å². The van der Waals surface area contributed by atoms with Gasteiger partial charge in [0.05, 0.1) is 0 Å². The average Bonchev–Trinajstić information content (AvgIpc) is 2.48. The molecule has 0 bridgehead atoms. The Hall–Kier alpha value is 0.117. The third-order valence-electron chi connectivity index (χ3n) is 4.33. The summed E-state index contributed by atoms with van der Waals surface area (Å²) >= 11 is 1.93. The molecule has 4 nitrogen and oxygen atoms in total. The maximum Gasteiger partial charge on any atom is 0.500 e. The van der Waals surface area contributed by atoms with Crippen LogP contribution in [-0.4, -0.2) is 45.4 Å². The molecule has 0 N–H and O–H groups in total. The molecule has 136 valence electrons. The molecule has 1 aliphatic carbocycles. The third kappa shape index (κ3) is 6.86. The first kappa shape index (κ1) is 21.2. The Morgan fingerprint density at radius 3 is 2.17 bits per heavy atom. The van der Waals surface area contributed by atoms with E-state index in [1.807, 2.05) is 32.5 Å². The van der Waals surface area contributed by atoms with Crippen molar-refractivity contribution in [2.75, 3.05) is 25.6 Å². The number of rotatable bonds is 11. The van der Waals surface area contributed by atoms with Crippen molar-refractivity contribution in [2.45, 2.75) is 71.6 Å². The number of carbonyl (C=O) groups excluding carboxylic acids is 1. The summed E-state index contributed by atoms with van der Waals surface area (Å²) < 4.78 is 17.6. The van der Waals surface area contributed by atoms with Gasteiger partial charge in [-0.2, -0.15) is 11.8 Å². The van der Waals surface area contributed by atoms with Crippen molar-refractivity contribution in [3.05, 3.63) is 0 Å². The lowest BCUT2D eigenvalue weighted by Crippen LogP contribution is -2.46. The van der Waals surface area contributed by atoms with Gasteiger partial charge in [-0.1, -0.05) is 13.8 Å². The molecule has 0 aromatic carbocycles. The predicted octanol–water partition coefficient (Wildman–Crippen LogP) is 4.31. The quantitative estimate of drug-likeness (QED) is 0.405. The first-order chi connectivity index (χ1) is 10.9. The highest BCUT2D eigenvalue weighted by Gasteiger charge is 2.40. The van der Waals surface area contributed by atoms with Gasteiger partial charge in [0.25, 0.3) is 0 Å². The molecule has 0 amide bonds. The minimum absolute atomic E-state index is 0.113. The molecule has 0 radical (unpaired) electrons. The summed E-state index contributed by atoms with van der Waals surface area (Å²) in [5, 5.41) is 0.484. The molecule has 0 saturated heterocycles. The van der Waals surface area contributed by atoms with Gasteiger partial charge in [0.2, 0.25) is 0 Å². The fourth-order valence-electron chi connectivity index (χ4n) is 2.93. The largest absolute Gasteiger partial charge is 0.500 e. The number of ketones is 1. The SMILES string of the molecule is CCO[Si](CCCSC1CCC(C)(C)C(=O)C1)(OCC)OCC. The van der Waals surface area contributed by atoms with Gasteiger partial charge in [-0.3, -0.25) is 4.79 Å². The standard InChI is InChI=1S/C17H34O4SSi/c1-6-19-23(20-7-2,21-8-3)13-9-12-22-15-10-11-17(4,5)16(18)14-15/h15H,6-14H2,1-5H3. The number of thioether (sulfide) groups is 1. The van der Waals surface area contributed by atoms with Crippen LogP contribution in [0.3, 0.4) is 0 Å². The van der Waals surface area contributed by atoms with Crippen molar-refractivity contribution < 1.29 is 18.1 Å². The van der Waals surface area contributed by atoms with E-state index >= 15 is 0 Å². The van der Waals surface area contributed by atoms with Crippen molar-refractivity contribution in [1.82, 2.24) is 0 Å². The Morgan fingerprint density at radius 1 is 1.13 bits per heavy atom. The topological polar surface area (TPSA) is 44.8 Å². The second-order valence-electron chi connectivity index (χ2n) is 6.63. The van der Waals surface area contributed by atoms with E-state index in [4.69, 9.17) is 13.3 Å². The zero-order chi connectivity index (χ0) is 17.3. The van der Waals surface area contributed by atoms with E-state index in [2.05, 4.69) is 13.8 Å². The summed E-state index contributed by atoms with van der Waals surface area (Å²) in [5.41, 5.74) is -0.113. The van der Waals surface area contributed by atoms with E-state index in [0.29, 0.717) is 30.9 Å². The molecular formula is C17H34O4SSi. The lowest BCUT2D eigenvalue weighted by Gasteiger charge is -2.32. The van der Waals surface area contributed by atoms with Gasteiger partial charge >= 0.3 is 8.80 Å². The highest BCUT2D eigenvalue weighted by molar-refractivity contribution is 7.99. The molecule has 0 aromatic heterocycles. The second kappa shape index (κ2) is 10.2. The second-order valence-corrected chi connectivity index (χ2v) is 10.8. The predicted molar refractivity (Wildman–Crippen MR) is 98.9 cm³/mol. The van der Waals surface area contributed by atoms with Gasteiger partial charge in [0.1, 0.15) is 5.78 Å². The Balaban J connectivity index is 2.37. The van der Waals surface area contributed by atoms with Crippen molar-refractivity contribution in [3.8, 4) is 0 Å². The van der Waals surface area contributed by atoms with Gasteiger partial charge in [-0.15, -0.1) is 0 Å². The number of Topliss-reactive ketones (excluding diaryl/α,β-unsaturated/α-hetero) is 1. The number of hydrogen-bond acceptors (Lipinski definition) is 5. The Kier molecular flexibility index (Phi) is 9.37. The monoisotopic (exact) mass is 362 g/mol. The summed E-state index contributed by atoms with van der Waals surface area (Å²) in [6, 6.07) is 0.863. The summed E-state index contributed by atoms with van der Waals surface area (Å²) in [6.45, 7) is 12.0. The smallest absolute Gasteiger partial charge is 0.374 e. The first-order valence-electron chi connectivity index (χ1n) is 8.96. The van der Waals surface area contributed by atoms with E-state index in [-0.39, 0.29) is 5.41 Å². The van der Waals surface area contributed by atoms with Crippen LogP contribution >= 0.6 is 11.8 Å². The fraction of sp³-hybridized carbons (Fsp3) is 0.941. The lowest BCUT2D eigenvalue weighted by molar-refractivity contribution is -0.129. The number of hydrogen-bond donors (Lipinski definition) is 0. The summed E-state index contributed by atoms with van der Waals surface area (Å²) in [6.07, 6.45) is 3.90. The van der Waals surface area contributed by atoms with Crippen LogP contribution in [0.5, 0.6) is 0 Å². The number of carbonyl (C=O) groups is 1. The molecule has 23 heavy (non-hydrogen) atoms. The Labute approximate surface area is 147 Å². The molecule has 1 atom stereocenters. The molecule has 1 aliphatic rings. The lowest BCUT2D eigenvalue weighted by atomic mass is 9.76. The van der Waals surface area contributed by atoms with E-state index in [1.54, 1.807) is 0 Å². The van der Waals surface area contributed by atoms with Crippen LogP contribution in [0.1, 0.15) is 60.3 Å². The zero-order valence-corrected chi connectivity index (χ0v) is 17.3. The van der Waals surface area contributed by atoms with Crippen LogP contribution < -0.4 is 0 Å². The highest BCUT2D eigenvalue weighted by atomic mass is 32.2. The van der Waals surface area contributed by atoms with Crippen LogP contribution in [0.2, 0.25) is 6.04 Å². The van der Waals surface area contributed by atoms with Gasteiger partial charge in [-0.25, -0.2) is 0 Å². The molecule has 1 saturated carbocycles. The average molecular weight is 363 g/mol. The maximum atomic E-state index is 12.1. The third-order valence-corrected chi connectivity index (χ3v) is 8.88. The maximum absolute atomic E-state index is 12.1. The van der Waals surface area contributed by atoms with Crippen LogP contribution in [0.25, 0.3) is 0 Å². The van der Waals surface area contributed by atoms with E-state index in [0.717, 1.165) is 37.5 Å². The summed E-state index contributed by atoms with van der Waals surface area (Å²) in [7, 11) is -2.50. The fourth-order valence-corrected chi connectivity index (χ4v) is 7.00. The molecule has 0 spiro atoms. The van der Waals surface area contributed by atoms with Crippen molar-refractivity contribution >= 4 is 26.3 Å².